The number of allylic oxidation sites excluding steroid dienone is 3. The number of carbonyl (C=O) groups is 4. The van der Waals surface area contributed by atoms with Crippen molar-refractivity contribution in [3.8, 4) is 0 Å². The van der Waals surface area contributed by atoms with Crippen LogP contribution in [0.2, 0.25) is 0 Å². The minimum atomic E-state index is -1.19. The maximum Gasteiger partial charge on any atom is 0.303 e. The molecule has 0 saturated carbocycles. The van der Waals surface area contributed by atoms with Gasteiger partial charge in [-0.1, -0.05) is 18.2 Å². The smallest absolute Gasteiger partial charge is 0.303 e. The van der Waals surface area contributed by atoms with Crippen LogP contribution >= 0.6 is 0 Å². The molecule has 0 radical (unpaired) electrons. The van der Waals surface area contributed by atoms with Crippen LogP contribution in [0.15, 0.2) is 23.8 Å². The highest BCUT2D eigenvalue weighted by Gasteiger charge is 2.53. The van der Waals surface area contributed by atoms with Gasteiger partial charge in [0.25, 0.3) is 0 Å². The molecule has 9 nitrogen and oxygen atoms in total. The summed E-state index contributed by atoms with van der Waals surface area (Å²) in [5, 5.41) is 0. The monoisotopic (exact) mass is 508 g/mol. The molecular formula is C27H40O9. The van der Waals surface area contributed by atoms with Crippen LogP contribution in [0.4, 0.5) is 0 Å². The first-order chi connectivity index (χ1) is 16.7. The van der Waals surface area contributed by atoms with Crippen LogP contribution in [0, 0.1) is 5.92 Å². The molecule has 0 aromatic heterocycles. The van der Waals surface area contributed by atoms with Crippen molar-refractivity contribution in [1.82, 2.24) is 0 Å². The van der Waals surface area contributed by atoms with Gasteiger partial charge in [0.15, 0.2) is 30.4 Å². The van der Waals surface area contributed by atoms with E-state index in [2.05, 4.69) is 19.6 Å². The molecule has 1 aliphatic heterocycles. The molecule has 36 heavy (non-hydrogen) atoms. The van der Waals surface area contributed by atoms with Gasteiger partial charge in [0.05, 0.1) is 11.7 Å². The van der Waals surface area contributed by atoms with Crippen molar-refractivity contribution in [2.45, 2.75) is 117 Å². The Kier molecular flexibility index (Phi) is 10.4. The Morgan fingerprint density at radius 1 is 1.00 bits per heavy atom. The number of hydrogen-bond donors (Lipinski definition) is 0. The van der Waals surface area contributed by atoms with Gasteiger partial charge in [0.1, 0.15) is 0 Å². The predicted octanol–water partition coefficient (Wildman–Crippen LogP) is 3.97. The van der Waals surface area contributed by atoms with Crippen LogP contribution in [0.1, 0.15) is 80.6 Å². The zero-order valence-corrected chi connectivity index (χ0v) is 22.5. The highest BCUT2D eigenvalue weighted by Crippen LogP contribution is 2.41. The number of hydrogen-bond acceptors (Lipinski definition) is 9. The van der Waals surface area contributed by atoms with Gasteiger partial charge in [-0.05, 0) is 64.9 Å². The molecule has 1 saturated heterocycles. The lowest BCUT2D eigenvalue weighted by molar-refractivity contribution is -0.329. The SMILES string of the molecule is C=C(C)C(=O)CCC(C)(OC1OC(C)C(OC(C)=O)C(OC(C)=O)C1OC(C)=O)C1CC=C(C)CC1. The van der Waals surface area contributed by atoms with Crippen LogP contribution in [-0.4, -0.2) is 60.0 Å². The third kappa shape index (κ3) is 8.00. The van der Waals surface area contributed by atoms with Gasteiger partial charge < -0.3 is 23.7 Å². The largest absolute Gasteiger partial charge is 0.456 e. The van der Waals surface area contributed by atoms with Gasteiger partial charge in [-0.2, -0.15) is 0 Å². The lowest BCUT2D eigenvalue weighted by Crippen LogP contribution is -2.62. The lowest BCUT2D eigenvalue weighted by atomic mass is 9.75. The second-order valence-corrected chi connectivity index (χ2v) is 10.1. The molecule has 7 unspecified atom stereocenters. The van der Waals surface area contributed by atoms with E-state index >= 15 is 0 Å². The molecule has 1 heterocycles. The molecule has 0 aromatic rings. The molecule has 2 aliphatic rings. The van der Waals surface area contributed by atoms with Crippen molar-refractivity contribution < 1.29 is 42.9 Å². The molecule has 0 spiro atoms. The van der Waals surface area contributed by atoms with E-state index in [0.717, 1.165) is 19.3 Å². The molecular weight excluding hydrogens is 468 g/mol. The van der Waals surface area contributed by atoms with E-state index in [0.29, 0.717) is 12.0 Å². The fourth-order valence-electron chi connectivity index (χ4n) is 4.78. The van der Waals surface area contributed by atoms with Gasteiger partial charge in [-0.15, -0.1) is 0 Å². The van der Waals surface area contributed by atoms with Crippen LogP contribution in [-0.2, 0) is 42.9 Å². The third-order valence-corrected chi connectivity index (χ3v) is 6.84. The van der Waals surface area contributed by atoms with Crippen LogP contribution in [0.25, 0.3) is 0 Å². The summed E-state index contributed by atoms with van der Waals surface area (Å²) in [5.41, 5.74) is 0.933. The molecule has 1 aliphatic carbocycles. The van der Waals surface area contributed by atoms with Crippen molar-refractivity contribution in [2.75, 3.05) is 0 Å². The summed E-state index contributed by atoms with van der Waals surface area (Å²) in [5.74, 6) is -1.87. The van der Waals surface area contributed by atoms with Crippen molar-refractivity contribution in [2.24, 2.45) is 5.92 Å². The highest BCUT2D eigenvalue weighted by atomic mass is 16.7. The van der Waals surface area contributed by atoms with Crippen LogP contribution in [0.5, 0.6) is 0 Å². The molecule has 0 bridgehead atoms. The minimum absolute atomic E-state index is 0.0606. The lowest BCUT2D eigenvalue weighted by Gasteiger charge is -2.48. The van der Waals surface area contributed by atoms with E-state index < -0.39 is 54.2 Å². The van der Waals surface area contributed by atoms with Crippen LogP contribution in [0.3, 0.4) is 0 Å². The fraction of sp³-hybridized carbons (Fsp3) is 0.704. The summed E-state index contributed by atoms with van der Waals surface area (Å²) in [6, 6.07) is 0. The molecule has 0 amide bonds. The third-order valence-electron chi connectivity index (χ3n) is 6.84. The average Bonchev–Trinajstić information content (AvgIpc) is 2.76. The molecule has 1 fully saturated rings. The molecule has 9 heteroatoms. The quantitative estimate of drug-likeness (QED) is 0.187. The van der Waals surface area contributed by atoms with Crippen molar-refractivity contribution in [3.05, 3.63) is 23.8 Å². The van der Waals surface area contributed by atoms with E-state index in [4.69, 9.17) is 23.7 Å². The summed E-state index contributed by atoms with van der Waals surface area (Å²) in [6.07, 6.45) is 0.104. The Morgan fingerprint density at radius 2 is 1.56 bits per heavy atom. The van der Waals surface area contributed by atoms with Crippen molar-refractivity contribution in [1.29, 1.82) is 0 Å². The first-order valence-electron chi connectivity index (χ1n) is 12.4. The minimum Gasteiger partial charge on any atom is -0.456 e. The summed E-state index contributed by atoms with van der Waals surface area (Å²) in [7, 11) is 0. The average molecular weight is 509 g/mol. The predicted molar refractivity (Wildman–Crippen MR) is 131 cm³/mol. The Bertz CT molecular complexity index is 892. The molecule has 2 rings (SSSR count). The fourth-order valence-corrected chi connectivity index (χ4v) is 4.78. The number of rotatable bonds is 10. The van der Waals surface area contributed by atoms with Gasteiger partial charge in [-0.25, -0.2) is 0 Å². The Balaban J connectivity index is 2.43. The van der Waals surface area contributed by atoms with Gasteiger partial charge in [0, 0.05) is 27.2 Å². The number of esters is 3. The second-order valence-electron chi connectivity index (χ2n) is 10.1. The van der Waals surface area contributed by atoms with E-state index in [1.165, 1.54) is 26.3 Å². The number of carbonyl (C=O) groups excluding carboxylic acids is 4. The maximum absolute atomic E-state index is 12.4. The van der Waals surface area contributed by atoms with E-state index in [1.807, 2.05) is 6.92 Å². The molecule has 0 aromatic carbocycles. The summed E-state index contributed by atoms with van der Waals surface area (Å²) in [6.45, 7) is 14.8. The number of ketones is 1. The van der Waals surface area contributed by atoms with Gasteiger partial charge in [0.2, 0.25) is 0 Å². The summed E-state index contributed by atoms with van der Waals surface area (Å²) >= 11 is 0. The van der Waals surface area contributed by atoms with E-state index in [1.54, 1.807) is 13.8 Å². The topological polar surface area (TPSA) is 114 Å². The van der Waals surface area contributed by atoms with Crippen molar-refractivity contribution >= 4 is 23.7 Å². The standard InChI is InChI=1S/C27H40O9/c1-15(2)22(31)13-14-27(8,21-11-9-16(3)10-12-21)36-26-25(35-20(7)30)24(34-19(6)29)23(17(4)32-26)33-18(5)28/h9,17,21,23-26H,1,10-14H2,2-8H3. The first-order valence-corrected chi connectivity index (χ1v) is 12.4. The van der Waals surface area contributed by atoms with E-state index in [-0.39, 0.29) is 18.1 Å². The molecule has 202 valence electrons. The van der Waals surface area contributed by atoms with Gasteiger partial charge >= 0.3 is 17.9 Å². The normalized spacial score (nSPS) is 29.8. The number of Topliss-reactive ketones (excluding diaryl/α,β-unsaturated/α-hetero) is 1. The first kappa shape index (κ1) is 29.7. The zero-order chi connectivity index (χ0) is 27.2. The molecule has 7 atom stereocenters. The maximum atomic E-state index is 12.4. The van der Waals surface area contributed by atoms with Crippen molar-refractivity contribution in [3.63, 3.8) is 0 Å². The second kappa shape index (κ2) is 12.6. The van der Waals surface area contributed by atoms with Gasteiger partial charge in [-0.3, -0.25) is 19.2 Å². The Morgan fingerprint density at radius 3 is 2.06 bits per heavy atom. The zero-order valence-electron chi connectivity index (χ0n) is 22.5. The Labute approximate surface area is 213 Å². The van der Waals surface area contributed by atoms with E-state index in [9.17, 15) is 19.2 Å². The summed E-state index contributed by atoms with van der Waals surface area (Å²) < 4.78 is 29.1. The number of ether oxygens (including phenoxy) is 5. The Hall–Kier alpha value is -2.52. The molecule has 0 N–H and O–H groups in total. The van der Waals surface area contributed by atoms with Crippen LogP contribution < -0.4 is 0 Å². The highest BCUT2D eigenvalue weighted by molar-refractivity contribution is 5.94. The summed E-state index contributed by atoms with van der Waals surface area (Å²) in [4.78, 5) is 48.2.